The first kappa shape index (κ1) is 26.9. The Labute approximate surface area is 195 Å². The minimum absolute atomic E-state index is 0.0199. The summed E-state index contributed by atoms with van der Waals surface area (Å²) in [5, 5.41) is 4.89. The van der Waals surface area contributed by atoms with Gasteiger partial charge in [-0.3, -0.25) is 18.9 Å². The van der Waals surface area contributed by atoms with Gasteiger partial charge in [0, 0.05) is 25.1 Å². The molecule has 2 rings (SSSR count). The van der Waals surface area contributed by atoms with Crippen molar-refractivity contribution in [2.24, 2.45) is 0 Å². The Morgan fingerprint density at radius 2 is 1.97 bits per heavy atom. The number of nitrogens with zero attached hydrogens (tertiary/aromatic N) is 1. The number of amides is 3. The third kappa shape index (κ3) is 9.25. The van der Waals surface area contributed by atoms with E-state index in [1.165, 1.54) is 12.8 Å². The first-order valence-corrected chi connectivity index (χ1v) is 14.4. The van der Waals surface area contributed by atoms with Gasteiger partial charge in [0.15, 0.2) is 5.25 Å². The summed E-state index contributed by atoms with van der Waals surface area (Å²) in [5.41, 5.74) is 0. The minimum Gasteiger partial charge on any atom is -0.356 e. The molecule has 0 aliphatic carbocycles. The van der Waals surface area contributed by atoms with E-state index in [9.17, 15) is 27.6 Å². The summed E-state index contributed by atoms with van der Waals surface area (Å²) in [5.74, 6) is -2.41. The van der Waals surface area contributed by atoms with Gasteiger partial charge in [0.1, 0.15) is 0 Å². The first-order chi connectivity index (χ1) is 15.2. The molecule has 3 N–H and O–H groups in total. The van der Waals surface area contributed by atoms with Crippen LogP contribution in [0, 0.1) is 0 Å². The summed E-state index contributed by atoms with van der Waals surface area (Å²) < 4.78 is 31.1. The summed E-state index contributed by atoms with van der Waals surface area (Å²) in [6, 6.07) is 0. The van der Waals surface area contributed by atoms with E-state index in [1.807, 2.05) is 0 Å². The smallest absolute Gasteiger partial charge is 0.333 e. The second-order valence-corrected chi connectivity index (χ2v) is 11.8. The molecule has 11 nitrogen and oxygen atoms in total. The predicted molar refractivity (Wildman–Crippen MR) is 120 cm³/mol. The van der Waals surface area contributed by atoms with Gasteiger partial charge in [0.05, 0.1) is 11.8 Å². The van der Waals surface area contributed by atoms with Crippen molar-refractivity contribution in [1.82, 2.24) is 15.7 Å². The van der Waals surface area contributed by atoms with Crippen LogP contribution in [0.5, 0.6) is 0 Å². The summed E-state index contributed by atoms with van der Waals surface area (Å²) in [6.45, 7) is 1.54. The fourth-order valence-electron chi connectivity index (χ4n) is 3.11. The second kappa shape index (κ2) is 13.4. The Bertz CT molecular complexity index is 786. The van der Waals surface area contributed by atoms with Crippen LogP contribution in [0.3, 0.4) is 0 Å². The maximum Gasteiger partial charge on any atom is 0.333 e. The molecular formula is C18H29N3O8S3. The topological polar surface area (TPSA) is 159 Å². The number of rotatable bonds is 13. The van der Waals surface area contributed by atoms with Crippen LogP contribution < -0.4 is 10.6 Å². The molecule has 14 heteroatoms. The van der Waals surface area contributed by atoms with E-state index in [2.05, 4.69) is 15.5 Å². The van der Waals surface area contributed by atoms with Crippen molar-refractivity contribution in [2.75, 3.05) is 18.8 Å². The summed E-state index contributed by atoms with van der Waals surface area (Å²) in [7, 11) is -1.26. The van der Waals surface area contributed by atoms with E-state index in [0.717, 1.165) is 18.7 Å². The van der Waals surface area contributed by atoms with Crippen LogP contribution in [0.15, 0.2) is 0 Å². The molecule has 0 aromatic carbocycles. The highest BCUT2D eigenvalue weighted by molar-refractivity contribution is 8.76. The van der Waals surface area contributed by atoms with E-state index in [1.54, 1.807) is 21.6 Å². The first-order valence-electron chi connectivity index (χ1n) is 10.5. The van der Waals surface area contributed by atoms with Crippen molar-refractivity contribution >= 4 is 55.4 Å². The number of imide groups is 1. The Kier molecular flexibility index (Phi) is 11.2. The van der Waals surface area contributed by atoms with Crippen LogP contribution in [-0.4, -0.2) is 71.2 Å². The Morgan fingerprint density at radius 1 is 1.19 bits per heavy atom. The normalized spacial score (nSPS) is 21.6. The van der Waals surface area contributed by atoms with Gasteiger partial charge < -0.3 is 15.5 Å². The monoisotopic (exact) mass is 511 g/mol. The van der Waals surface area contributed by atoms with Crippen molar-refractivity contribution in [3.8, 4) is 0 Å². The Balaban J connectivity index is 1.49. The second-order valence-electron chi connectivity index (χ2n) is 7.46. The number of hydrogen-bond donors (Lipinski definition) is 3. The number of unbranched alkanes of at least 4 members (excludes halogenated alkanes) is 2. The highest BCUT2D eigenvalue weighted by Crippen LogP contribution is 2.30. The van der Waals surface area contributed by atoms with Crippen LogP contribution >= 0.6 is 21.6 Å². The van der Waals surface area contributed by atoms with E-state index < -0.39 is 39.6 Å². The number of nitrogens with one attached hydrogen (secondary N) is 2. The maximum absolute atomic E-state index is 11.8. The minimum atomic E-state index is -4.74. The van der Waals surface area contributed by atoms with Crippen LogP contribution in [0.25, 0.3) is 0 Å². The standard InChI is InChI=1S/C18H29N3O8S3/c22-14(8-11-30-31-15-6-3-5-10-20-15)19-9-4-1-2-7-17(24)29-21-16(23)12-13(18(21)25)32(26,27)28/h13,15,20H,1-12H2,(H,19,22)(H,26,27,28). The zero-order chi connectivity index (χ0) is 23.6. The van der Waals surface area contributed by atoms with Crippen molar-refractivity contribution in [1.29, 1.82) is 0 Å². The SMILES string of the molecule is O=C(CCSSC1CCCCN1)NCCCCCC(=O)ON1C(=O)CC(S(=O)(=O)O)C1=O. The lowest BCUT2D eigenvalue weighted by Gasteiger charge is -2.21. The molecule has 182 valence electrons. The quantitative estimate of drug-likeness (QED) is 0.140. The van der Waals surface area contributed by atoms with Gasteiger partial charge in [0.25, 0.3) is 21.9 Å². The van der Waals surface area contributed by atoms with E-state index in [4.69, 9.17) is 4.55 Å². The zero-order valence-corrected chi connectivity index (χ0v) is 20.1. The van der Waals surface area contributed by atoms with Gasteiger partial charge in [-0.2, -0.15) is 8.42 Å². The van der Waals surface area contributed by atoms with Crippen molar-refractivity contribution in [3.05, 3.63) is 0 Å². The molecule has 0 bridgehead atoms. The fraction of sp³-hybridized carbons (Fsp3) is 0.778. The number of carbonyl (C=O) groups excluding carboxylic acids is 4. The predicted octanol–water partition coefficient (Wildman–Crippen LogP) is 1.01. The van der Waals surface area contributed by atoms with E-state index >= 15 is 0 Å². The zero-order valence-electron chi connectivity index (χ0n) is 17.6. The van der Waals surface area contributed by atoms with Crippen molar-refractivity contribution in [3.63, 3.8) is 0 Å². The lowest BCUT2D eigenvalue weighted by atomic mass is 10.2. The lowest BCUT2D eigenvalue weighted by Crippen LogP contribution is -2.36. The molecule has 0 radical (unpaired) electrons. The van der Waals surface area contributed by atoms with E-state index in [0.29, 0.717) is 37.6 Å². The van der Waals surface area contributed by atoms with Crippen LogP contribution in [0.4, 0.5) is 0 Å². The number of piperidine rings is 1. The van der Waals surface area contributed by atoms with Crippen LogP contribution in [-0.2, 0) is 34.1 Å². The Morgan fingerprint density at radius 3 is 2.62 bits per heavy atom. The molecule has 2 aliphatic heterocycles. The van der Waals surface area contributed by atoms with E-state index in [-0.39, 0.29) is 17.4 Å². The molecule has 2 fully saturated rings. The molecule has 2 atom stereocenters. The van der Waals surface area contributed by atoms with Gasteiger partial charge in [-0.15, -0.1) is 5.06 Å². The summed E-state index contributed by atoms with van der Waals surface area (Å²) >= 11 is 0. The van der Waals surface area contributed by atoms with Gasteiger partial charge in [-0.05, 0) is 38.6 Å². The number of hydrogen-bond acceptors (Lipinski definition) is 10. The molecule has 0 saturated carbocycles. The summed E-state index contributed by atoms with van der Waals surface area (Å²) in [6.07, 6.45) is 4.90. The average Bonchev–Trinajstić information content (AvgIpc) is 3.03. The number of carbonyl (C=O) groups is 4. The molecule has 0 aromatic rings. The molecule has 3 amide bonds. The molecular weight excluding hydrogens is 482 g/mol. The van der Waals surface area contributed by atoms with Gasteiger partial charge in [0.2, 0.25) is 5.91 Å². The molecule has 0 aromatic heterocycles. The number of hydroxylamine groups is 2. The largest absolute Gasteiger partial charge is 0.356 e. The molecule has 2 saturated heterocycles. The molecule has 2 unspecified atom stereocenters. The highest BCUT2D eigenvalue weighted by atomic mass is 33.1. The average molecular weight is 512 g/mol. The molecule has 2 aliphatic rings. The summed E-state index contributed by atoms with van der Waals surface area (Å²) in [4.78, 5) is 51.7. The highest BCUT2D eigenvalue weighted by Gasteiger charge is 2.48. The third-order valence-corrected chi connectivity index (χ3v) is 8.69. The Hall–Kier alpha value is -1.35. The third-order valence-electron chi connectivity index (χ3n) is 4.86. The van der Waals surface area contributed by atoms with Crippen LogP contribution in [0.2, 0.25) is 0 Å². The van der Waals surface area contributed by atoms with Crippen molar-refractivity contribution in [2.45, 2.75) is 68.4 Å². The fourth-order valence-corrected chi connectivity index (χ4v) is 6.32. The molecule has 0 spiro atoms. The van der Waals surface area contributed by atoms with Crippen LogP contribution in [0.1, 0.15) is 57.8 Å². The van der Waals surface area contributed by atoms with Gasteiger partial charge >= 0.3 is 5.97 Å². The van der Waals surface area contributed by atoms with Gasteiger partial charge in [-0.25, -0.2) is 4.79 Å². The molecule has 2 heterocycles. The van der Waals surface area contributed by atoms with Gasteiger partial charge in [-0.1, -0.05) is 28.0 Å². The maximum atomic E-state index is 11.8. The lowest BCUT2D eigenvalue weighted by molar-refractivity contribution is -0.197. The van der Waals surface area contributed by atoms with Crippen molar-refractivity contribution < 1.29 is 37.0 Å². The molecule has 32 heavy (non-hydrogen) atoms.